The standard InChI is InChI=1S/C14H20N2O3/c15-10-14(7-2-1-3-8-14)16-12(17)9-19-13(18)11-5-4-6-11/h11H,1-9H2,(H,16,17). The SMILES string of the molecule is N#CC1(NC(=O)COC(=O)C2CCC2)CCCCC1. The molecule has 19 heavy (non-hydrogen) atoms. The van der Waals surface area contributed by atoms with Crippen molar-refractivity contribution in [3.63, 3.8) is 0 Å². The number of nitrogens with zero attached hydrogens (tertiary/aromatic N) is 1. The molecule has 0 radical (unpaired) electrons. The fourth-order valence-electron chi connectivity index (χ4n) is 2.62. The van der Waals surface area contributed by atoms with Gasteiger partial charge in [0.25, 0.3) is 5.91 Å². The van der Waals surface area contributed by atoms with Gasteiger partial charge < -0.3 is 10.1 Å². The van der Waals surface area contributed by atoms with Gasteiger partial charge in [0.05, 0.1) is 12.0 Å². The number of hydrogen-bond donors (Lipinski definition) is 1. The molecule has 2 fully saturated rings. The van der Waals surface area contributed by atoms with E-state index in [9.17, 15) is 14.9 Å². The zero-order chi connectivity index (χ0) is 13.7. The summed E-state index contributed by atoms with van der Waals surface area (Å²) in [6, 6.07) is 2.21. The van der Waals surface area contributed by atoms with Crippen molar-refractivity contribution in [2.24, 2.45) is 5.92 Å². The van der Waals surface area contributed by atoms with Crippen molar-refractivity contribution in [1.29, 1.82) is 5.26 Å². The summed E-state index contributed by atoms with van der Waals surface area (Å²) in [5.74, 6) is -0.667. The highest BCUT2D eigenvalue weighted by atomic mass is 16.5. The second-order valence-corrected chi connectivity index (χ2v) is 5.54. The van der Waals surface area contributed by atoms with Gasteiger partial charge in [0.15, 0.2) is 6.61 Å². The first-order chi connectivity index (χ1) is 9.15. The Balaban J connectivity index is 1.76. The molecule has 0 saturated heterocycles. The molecule has 1 amide bonds. The van der Waals surface area contributed by atoms with Gasteiger partial charge in [-0.1, -0.05) is 25.7 Å². The molecular weight excluding hydrogens is 244 g/mol. The molecule has 2 saturated carbocycles. The Morgan fingerprint density at radius 2 is 1.89 bits per heavy atom. The lowest BCUT2D eigenvalue weighted by molar-refractivity contribution is -0.155. The van der Waals surface area contributed by atoms with E-state index in [1.807, 2.05) is 0 Å². The first-order valence-electron chi connectivity index (χ1n) is 7.04. The van der Waals surface area contributed by atoms with Gasteiger partial charge in [-0.15, -0.1) is 0 Å². The van der Waals surface area contributed by atoms with E-state index in [0.717, 1.165) is 38.5 Å². The Hall–Kier alpha value is -1.57. The highest BCUT2D eigenvalue weighted by molar-refractivity contribution is 5.82. The number of amides is 1. The number of nitriles is 1. The van der Waals surface area contributed by atoms with Crippen LogP contribution in [0, 0.1) is 17.2 Å². The lowest BCUT2D eigenvalue weighted by atomic mass is 9.83. The van der Waals surface area contributed by atoms with Crippen molar-refractivity contribution in [1.82, 2.24) is 5.32 Å². The highest BCUT2D eigenvalue weighted by Crippen LogP contribution is 2.28. The lowest BCUT2D eigenvalue weighted by Crippen LogP contribution is -2.50. The Kier molecular flexibility index (Phi) is 4.41. The van der Waals surface area contributed by atoms with E-state index in [2.05, 4.69) is 11.4 Å². The van der Waals surface area contributed by atoms with Crippen molar-refractivity contribution in [3.05, 3.63) is 0 Å². The fraction of sp³-hybridized carbons (Fsp3) is 0.786. The molecule has 104 valence electrons. The van der Waals surface area contributed by atoms with Crippen LogP contribution in [0.2, 0.25) is 0 Å². The van der Waals surface area contributed by atoms with Crippen LogP contribution in [0.3, 0.4) is 0 Å². The van der Waals surface area contributed by atoms with E-state index in [1.165, 1.54) is 0 Å². The van der Waals surface area contributed by atoms with Crippen molar-refractivity contribution < 1.29 is 14.3 Å². The van der Waals surface area contributed by atoms with Crippen LogP contribution in [-0.4, -0.2) is 24.0 Å². The second-order valence-electron chi connectivity index (χ2n) is 5.54. The lowest BCUT2D eigenvalue weighted by Gasteiger charge is -2.31. The molecule has 0 aliphatic heterocycles. The number of ether oxygens (including phenoxy) is 1. The predicted octanol–water partition coefficient (Wildman–Crippen LogP) is 1.67. The summed E-state index contributed by atoms with van der Waals surface area (Å²) >= 11 is 0. The van der Waals surface area contributed by atoms with Crippen molar-refractivity contribution in [2.45, 2.75) is 56.9 Å². The van der Waals surface area contributed by atoms with E-state index < -0.39 is 5.54 Å². The monoisotopic (exact) mass is 264 g/mol. The summed E-state index contributed by atoms with van der Waals surface area (Å²) < 4.78 is 4.98. The first-order valence-corrected chi connectivity index (χ1v) is 7.04. The van der Waals surface area contributed by atoms with Crippen LogP contribution in [0.1, 0.15) is 51.4 Å². The smallest absolute Gasteiger partial charge is 0.309 e. The molecule has 0 atom stereocenters. The molecule has 2 rings (SSSR count). The Labute approximate surface area is 113 Å². The van der Waals surface area contributed by atoms with Crippen LogP contribution in [0.4, 0.5) is 0 Å². The van der Waals surface area contributed by atoms with Crippen LogP contribution in [-0.2, 0) is 14.3 Å². The Morgan fingerprint density at radius 3 is 2.42 bits per heavy atom. The first kappa shape index (κ1) is 13.9. The topological polar surface area (TPSA) is 79.2 Å². The zero-order valence-electron chi connectivity index (χ0n) is 11.1. The maximum absolute atomic E-state index is 11.8. The second kappa shape index (κ2) is 6.05. The molecular formula is C14H20N2O3. The zero-order valence-corrected chi connectivity index (χ0v) is 11.1. The Morgan fingerprint density at radius 1 is 1.21 bits per heavy atom. The number of rotatable bonds is 4. The minimum absolute atomic E-state index is 0.0209. The summed E-state index contributed by atoms with van der Waals surface area (Å²) in [6.07, 6.45) is 7.17. The van der Waals surface area contributed by atoms with Crippen molar-refractivity contribution in [3.8, 4) is 6.07 Å². The fourth-order valence-corrected chi connectivity index (χ4v) is 2.62. The molecule has 0 heterocycles. The normalized spacial score (nSPS) is 21.8. The van der Waals surface area contributed by atoms with Crippen LogP contribution >= 0.6 is 0 Å². The molecule has 2 aliphatic rings. The van der Waals surface area contributed by atoms with Gasteiger partial charge in [-0.25, -0.2) is 0 Å². The highest BCUT2D eigenvalue weighted by Gasteiger charge is 2.34. The number of hydrogen-bond acceptors (Lipinski definition) is 4. The van der Waals surface area contributed by atoms with E-state index in [-0.39, 0.29) is 24.4 Å². The third kappa shape index (κ3) is 3.46. The molecule has 0 spiro atoms. The summed E-state index contributed by atoms with van der Waals surface area (Å²) in [5.41, 5.74) is -0.752. The number of carbonyl (C=O) groups is 2. The van der Waals surface area contributed by atoms with Crippen LogP contribution in [0.5, 0.6) is 0 Å². The molecule has 2 aliphatic carbocycles. The maximum atomic E-state index is 11.8. The third-order valence-electron chi connectivity index (χ3n) is 4.08. The van der Waals surface area contributed by atoms with Gasteiger partial charge in [0.1, 0.15) is 5.54 Å². The molecule has 1 N–H and O–H groups in total. The quantitative estimate of drug-likeness (QED) is 0.783. The van der Waals surface area contributed by atoms with E-state index >= 15 is 0 Å². The summed E-state index contributed by atoms with van der Waals surface area (Å²) in [6.45, 7) is -0.265. The van der Waals surface area contributed by atoms with Crippen molar-refractivity contribution in [2.75, 3.05) is 6.61 Å². The number of nitrogens with one attached hydrogen (secondary N) is 1. The van der Waals surface area contributed by atoms with Gasteiger partial charge in [-0.05, 0) is 25.7 Å². The number of esters is 1. The summed E-state index contributed by atoms with van der Waals surface area (Å²) in [4.78, 5) is 23.3. The maximum Gasteiger partial charge on any atom is 0.309 e. The molecule has 0 unspecified atom stereocenters. The summed E-state index contributed by atoms with van der Waals surface area (Å²) in [5, 5.41) is 12.0. The van der Waals surface area contributed by atoms with Crippen LogP contribution < -0.4 is 5.32 Å². The van der Waals surface area contributed by atoms with Crippen LogP contribution in [0.15, 0.2) is 0 Å². The van der Waals surface area contributed by atoms with E-state index in [1.54, 1.807) is 0 Å². The average molecular weight is 264 g/mol. The van der Waals surface area contributed by atoms with E-state index in [0.29, 0.717) is 12.8 Å². The molecule has 0 aromatic heterocycles. The van der Waals surface area contributed by atoms with Gasteiger partial charge in [-0.2, -0.15) is 5.26 Å². The molecule has 5 nitrogen and oxygen atoms in total. The van der Waals surface area contributed by atoms with Gasteiger partial charge in [0.2, 0.25) is 0 Å². The van der Waals surface area contributed by atoms with Gasteiger partial charge >= 0.3 is 5.97 Å². The van der Waals surface area contributed by atoms with Crippen LogP contribution in [0.25, 0.3) is 0 Å². The average Bonchev–Trinajstić information content (AvgIpc) is 2.35. The summed E-state index contributed by atoms with van der Waals surface area (Å²) in [7, 11) is 0. The van der Waals surface area contributed by atoms with Gasteiger partial charge in [0, 0.05) is 0 Å². The Bertz CT molecular complexity index is 390. The molecule has 0 aromatic carbocycles. The van der Waals surface area contributed by atoms with Gasteiger partial charge in [-0.3, -0.25) is 9.59 Å². The third-order valence-corrected chi connectivity index (χ3v) is 4.08. The molecule has 0 aromatic rings. The largest absolute Gasteiger partial charge is 0.455 e. The minimum Gasteiger partial charge on any atom is -0.455 e. The molecule has 5 heteroatoms. The van der Waals surface area contributed by atoms with Crippen molar-refractivity contribution >= 4 is 11.9 Å². The van der Waals surface area contributed by atoms with E-state index in [4.69, 9.17) is 4.74 Å². The minimum atomic E-state index is -0.752. The predicted molar refractivity (Wildman–Crippen MR) is 67.9 cm³/mol. The molecule has 0 bridgehead atoms. The number of carbonyl (C=O) groups excluding carboxylic acids is 2.